The van der Waals surface area contributed by atoms with Crippen LogP contribution < -0.4 is 16.4 Å². The van der Waals surface area contributed by atoms with Crippen molar-refractivity contribution in [2.75, 3.05) is 18.4 Å². The second-order valence-electron chi connectivity index (χ2n) is 4.32. The van der Waals surface area contributed by atoms with Crippen LogP contribution in [0.3, 0.4) is 0 Å². The summed E-state index contributed by atoms with van der Waals surface area (Å²) in [5.74, 6) is -0.633. The van der Waals surface area contributed by atoms with Crippen LogP contribution >= 0.6 is 0 Å². The lowest BCUT2D eigenvalue weighted by molar-refractivity contribution is 0.0879. The minimum atomic E-state index is -0.318. The second kappa shape index (κ2) is 5.64. The molecule has 0 radical (unpaired) electrons. The molecule has 1 heterocycles. The highest BCUT2D eigenvalue weighted by Gasteiger charge is 2.26. The Kier molecular flexibility index (Phi) is 3.94. The number of nitrogens with one attached hydrogen (secondary N) is 2. The maximum atomic E-state index is 11.5. The topological polar surface area (TPSA) is 84.2 Å². The van der Waals surface area contributed by atoms with Gasteiger partial charge >= 0.3 is 0 Å². The summed E-state index contributed by atoms with van der Waals surface area (Å²) in [5, 5.41) is 5.51. The van der Waals surface area contributed by atoms with Gasteiger partial charge in [0.2, 0.25) is 0 Å². The Morgan fingerprint density at radius 2 is 1.83 bits per heavy atom. The first-order valence-corrected chi connectivity index (χ1v) is 6.16. The molecule has 0 fully saturated rings. The van der Waals surface area contributed by atoms with Crippen LogP contribution in [0.1, 0.15) is 40.0 Å². The van der Waals surface area contributed by atoms with Gasteiger partial charge in [-0.3, -0.25) is 14.9 Å². The van der Waals surface area contributed by atoms with Crippen LogP contribution in [0, 0.1) is 0 Å². The first kappa shape index (κ1) is 12.6. The number of amides is 2. The monoisotopic (exact) mass is 247 g/mol. The van der Waals surface area contributed by atoms with Gasteiger partial charge in [0.15, 0.2) is 0 Å². The molecule has 0 aliphatic carbocycles. The minimum absolute atomic E-state index is 0.315. The van der Waals surface area contributed by atoms with Crippen molar-refractivity contribution >= 4 is 17.5 Å². The van der Waals surface area contributed by atoms with E-state index in [2.05, 4.69) is 10.6 Å². The fourth-order valence-corrected chi connectivity index (χ4v) is 1.96. The largest absolute Gasteiger partial charge is 0.385 e. The molecule has 0 atom stereocenters. The lowest BCUT2D eigenvalue weighted by Gasteiger charge is -2.06. The Morgan fingerprint density at radius 1 is 1.06 bits per heavy atom. The number of carbonyl (C=O) groups excluding carboxylic acids is 2. The van der Waals surface area contributed by atoms with E-state index < -0.39 is 0 Å². The number of carbonyl (C=O) groups is 2. The molecule has 0 unspecified atom stereocenters. The van der Waals surface area contributed by atoms with Gasteiger partial charge in [0.05, 0.1) is 11.1 Å². The normalized spacial score (nSPS) is 13.4. The van der Waals surface area contributed by atoms with Crippen LogP contribution in [0.15, 0.2) is 18.2 Å². The Labute approximate surface area is 106 Å². The third kappa shape index (κ3) is 2.68. The number of nitrogens with two attached hydrogens (primary N) is 1. The van der Waals surface area contributed by atoms with Gasteiger partial charge in [0, 0.05) is 12.2 Å². The van der Waals surface area contributed by atoms with E-state index in [-0.39, 0.29) is 11.8 Å². The van der Waals surface area contributed by atoms with Gasteiger partial charge in [-0.2, -0.15) is 0 Å². The van der Waals surface area contributed by atoms with Crippen LogP contribution in [-0.2, 0) is 0 Å². The smallest absolute Gasteiger partial charge is 0.259 e. The summed E-state index contributed by atoms with van der Waals surface area (Å²) in [6, 6.07) is 5.22. The Bertz CT molecular complexity index is 471. The van der Waals surface area contributed by atoms with Crippen LogP contribution in [0.4, 0.5) is 5.69 Å². The third-order valence-electron chi connectivity index (χ3n) is 2.95. The number of imide groups is 1. The molecule has 1 aromatic carbocycles. The molecule has 0 aromatic heterocycles. The summed E-state index contributed by atoms with van der Waals surface area (Å²) >= 11 is 0. The molecule has 1 aromatic rings. The zero-order valence-electron chi connectivity index (χ0n) is 10.2. The molecule has 2 rings (SSSR count). The molecule has 96 valence electrons. The van der Waals surface area contributed by atoms with Crippen LogP contribution in [-0.4, -0.2) is 24.9 Å². The number of rotatable bonds is 6. The molecule has 1 aliphatic heterocycles. The van der Waals surface area contributed by atoms with Crippen molar-refractivity contribution in [1.29, 1.82) is 0 Å². The lowest BCUT2D eigenvalue weighted by Crippen LogP contribution is -2.19. The molecule has 0 spiro atoms. The number of hydrogen-bond acceptors (Lipinski definition) is 4. The van der Waals surface area contributed by atoms with E-state index in [0.717, 1.165) is 38.0 Å². The number of unbranched alkanes of at least 4 members (excludes halogenated alkanes) is 2. The Hall–Kier alpha value is -1.88. The summed E-state index contributed by atoms with van der Waals surface area (Å²) in [4.78, 5) is 22.8. The molecular formula is C13H17N3O2. The predicted octanol–water partition coefficient (Wildman–Crippen LogP) is 1.11. The lowest BCUT2D eigenvalue weighted by atomic mass is 10.1. The highest BCUT2D eigenvalue weighted by molar-refractivity contribution is 6.21. The van der Waals surface area contributed by atoms with Gasteiger partial charge in [-0.15, -0.1) is 0 Å². The zero-order chi connectivity index (χ0) is 13.0. The summed E-state index contributed by atoms with van der Waals surface area (Å²) in [6.07, 6.45) is 3.16. The molecule has 4 N–H and O–H groups in total. The first-order chi connectivity index (χ1) is 8.72. The van der Waals surface area contributed by atoms with Crippen molar-refractivity contribution in [3.05, 3.63) is 29.3 Å². The molecule has 18 heavy (non-hydrogen) atoms. The van der Waals surface area contributed by atoms with E-state index in [9.17, 15) is 9.59 Å². The Morgan fingerprint density at radius 3 is 2.61 bits per heavy atom. The van der Waals surface area contributed by atoms with E-state index in [1.165, 1.54) is 0 Å². The molecule has 5 nitrogen and oxygen atoms in total. The quantitative estimate of drug-likeness (QED) is 0.519. The molecule has 0 saturated heterocycles. The number of anilines is 1. The summed E-state index contributed by atoms with van der Waals surface area (Å²) in [5.41, 5.74) is 7.19. The highest BCUT2D eigenvalue weighted by Crippen LogP contribution is 2.20. The van der Waals surface area contributed by atoms with Crippen molar-refractivity contribution in [1.82, 2.24) is 5.32 Å². The van der Waals surface area contributed by atoms with Gasteiger partial charge in [0.1, 0.15) is 0 Å². The molecule has 0 saturated carbocycles. The number of benzene rings is 1. The van der Waals surface area contributed by atoms with E-state index >= 15 is 0 Å². The van der Waals surface area contributed by atoms with Crippen molar-refractivity contribution in [3.63, 3.8) is 0 Å². The Balaban J connectivity index is 1.93. The summed E-state index contributed by atoms with van der Waals surface area (Å²) in [7, 11) is 0. The zero-order valence-corrected chi connectivity index (χ0v) is 10.2. The van der Waals surface area contributed by atoms with Gasteiger partial charge in [-0.1, -0.05) is 6.42 Å². The van der Waals surface area contributed by atoms with Crippen molar-refractivity contribution in [2.24, 2.45) is 5.73 Å². The summed E-state index contributed by atoms with van der Waals surface area (Å²) in [6.45, 7) is 1.56. The van der Waals surface area contributed by atoms with E-state index in [0.29, 0.717) is 11.1 Å². The molecular weight excluding hydrogens is 230 g/mol. The molecule has 1 aliphatic rings. The van der Waals surface area contributed by atoms with E-state index in [1.807, 2.05) is 6.07 Å². The van der Waals surface area contributed by atoms with Gasteiger partial charge in [0.25, 0.3) is 11.8 Å². The molecule has 5 heteroatoms. The number of hydrogen-bond donors (Lipinski definition) is 3. The standard InChI is InChI=1S/C13H17N3O2/c14-6-2-1-3-7-15-9-4-5-10-11(8-9)13(18)16-12(10)17/h4-5,8,15H,1-3,6-7,14H2,(H,16,17,18). The maximum absolute atomic E-state index is 11.5. The minimum Gasteiger partial charge on any atom is -0.385 e. The fourth-order valence-electron chi connectivity index (χ4n) is 1.96. The van der Waals surface area contributed by atoms with Crippen LogP contribution in [0.5, 0.6) is 0 Å². The van der Waals surface area contributed by atoms with Gasteiger partial charge in [-0.05, 0) is 37.6 Å². The third-order valence-corrected chi connectivity index (χ3v) is 2.95. The van der Waals surface area contributed by atoms with Crippen LogP contribution in [0.2, 0.25) is 0 Å². The first-order valence-electron chi connectivity index (χ1n) is 6.16. The average molecular weight is 247 g/mol. The van der Waals surface area contributed by atoms with E-state index in [1.54, 1.807) is 12.1 Å². The summed E-state index contributed by atoms with van der Waals surface area (Å²) < 4.78 is 0. The SMILES string of the molecule is NCCCCCNc1ccc2c(c1)C(=O)NC2=O. The van der Waals surface area contributed by atoms with Crippen molar-refractivity contribution < 1.29 is 9.59 Å². The average Bonchev–Trinajstić information content (AvgIpc) is 2.65. The van der Waals surface area contributed by atoms with Gasteiger partial charge in [-0.25, -0.2) is 0 Å². The second-order valence-corrected chi connectivity index (χ2v) is 4.32. The van der Waals surface area contributed by atoms with Crippen molar-refractivity contribution in [3.8, 4) is 0 Å². The van der Waals surface area contributed by atoms with Crippen LogP contribution in [0.25, 0.3) is 0 Å². The molecule has 0 bridgehead atoms. The van der Waals surface area contributed by atoms with E-state index in [4.69, 9.17) is 5.73 Å². The molecule has 2 amide bonds. The highest BCUT2D eigenvalue weighted by atomic mass is 16.2. The van der Waals surface area contributed by atoms with Gasteiger partial charge < -0.3 is 11.1 Å². The maximum Gasteiger partial charge on any atom is 0.259 e. The number of fused-ring (bicyclic) bond motifs is 1. The van der Waals surface area contributed by atoms with Crippen molar-refractivity contribution in [2.45, 2.75) is 19.3 Å². The predicted molar refractivity (Wildman–Crippen MR) is 69.6 cm³/mol. The fraction of sp³-hybridized carbons (Fsp3) is 0.385.